The highest BCUT2D eigenvalue weighted by molar-refractivity contribution is 5.69. The van der Waals surface area contributed by atoms with E-state index < -0.39 is 0 Å². The molecule has 0 saturated carbocycles. The molecule has 1 N–H and O–H groups in total. The van der Waals surface area contributed by atoms with Gasteiger partial charge in [0.25, 0.3) is 0 Å². The highest BCUT2D eigenvalue weighted by Crippen LogP contribution is 2.38. The summed E-state index contributed by atoms with van der Waals surface area (Å²) in [6, 6.07) is 10.1. The van der Waals surface area contributed by atoms with Crippen molar-refractivity contribution in [2.75, 3.05) is 11.9 Å². The van der Waals surface area contributed by atoms with Crippen LogP contribution in [0.1, 0.15) is 18.1 Å². The van der Waals surface area contributed by atoms with Crippen LogP contribution >= 0.6 is 0 Å². The molecule has 0 bridgehead atoms. The summed E-state index contributed by atoms with van der Waals surface area (Å²) < 4.78 is 14.6. The van der Waals surface area contributed by atoms with Gasteiger partial charge in [0, 0.05) is 30.0 Å². The zero-order valence-corrected chi connectivity index (χ0v) is 11.7. The maximum absolute atomic E-state index is 14.6. The largest absolute Gasteiger partial charge is 0.321 e. The predicted octanol–water partition coefficient (Wildman–Crippen LogP) is 3.02. The lowest BCUT2D eigenvalue weighted by atomic mass is 10.1. The highest BCUT2D eigenvalue weighted by Gasteiger charge is 2.30. The van der Waals surface area contributed by atoms with E-state index in [0.29, 0.717) is 17.9 Å². The molecule has 1 aromatic heterocycles. The Morgan fingerprint density at radius 2 is 2.15 bits per heavy atom. The summed E-state index contributed by atoms with van der Waals surface area (Å²) in [5.41, 5.74) is 2.96. The Hall–Kier alpha value is -1.94. The number of pyridine rings is 1. The van der Waals surface area contributed by atoms with Crippen LogP contribution in [0.25, 0.3) is 0 Å². The minimum Gasteiger partial charge on any atom is -0.321 e. The molecule has 1 unspecified atom stereocenters. The van der Waals surface area contributed by atoms with Gasteiger partial charge in [-0.25, -0.2) is 9.37 Å². The summed E-state index contributed by atoms with van der Waals surface area (Å²) in [5.74, 6) is 0.195. The normalized spacial score (nSPS) is 17.4. The molecule has 2 heterocycles. The average Bonchev–Trinajstić information content (AvgIpc) is 2.77. The zero-order valence-electron chi connectivity index (χ0n) is 11.7. The summed E-state index contributed by atoms with van der Waals surface area (Å²) in [6.07, 6.45) is 2.60. The smallest absolute Gasteiger partial charge is 0.170 e. The molecule has 0 spiro atoms. The molecular formula is C16H18FN3. The molecule has 2 aromatic rings. The first-order valence-corrected chi connectivity index (χ1v) is 6.87. The lowest BCUT2D eigenvalue weighted by Crippen LogP contribution is -2.26. The number of para-hydroxylation sites is 1. The molecule has 4 heteroatoms. The molecule has 1 aromatic carbocycles. The third-order valence-electron chi connectivity index (χ3n) is 3.75. The molecule has 0 saturated heterocycles. The minimum atomic E-state index is -0.231. The number of aromatic nitrogens is 1. The van der Waals surface area contributed by atoms with Gasteiger partial charge in [-0.05, 0) is 38.1 Å². The Bertz CT molecular complexity index is 627. The van der Waals surface area contributed by atoms with Crippen molar-refractivity contribution in [3.8, 4) is 0 Å². The number of halogens is 1. The third-order valence-corrected chi connectivity index (χ3v) is 3.75. The van der Waals surface area contributed by atoms with Crippen LogP contribution in [0.15, 0.2) is 36.5 Å². The number of rotatable bonds is 3. The molecular weight excluding hydrogens is 253 g/mol. The molecule has 1 atom stereocenters. The molecule has 0 fully saturated rings. The Labute approximate surface area is 118 Å². The first-order valence-electron chi connectivity index (χ1n) is 6.87. The summed E-state index contributed by atoms with van der Waals surface area (Å²) in [4.78, 5) is 6.28. The Morgan fingerprint density at radius 3 is 2.95 bits per heavy atom. The number of hydrogen-bond donors (Lipinski definition) is 1. The van der Waals surface area contributed by atoms with E-state index in [1.807, 2.05) is 30.1 Å². The summed E-state index contributed by atoms with van der Waals surface area (Å²) in [6.45, 7) is 2.61. The maximum Gasteiger partial charge on any atom is 0.170 e. The number of anilines is 2. The van der Waals surface area contributed by atoms with Crippen LogP contribution in [-0.4, -0.2) is 18.1 Å². The van der Waals surface area contributed by atoms with Gasteiger partial charge in [-0.1, -0.05) is 18.2 Å². The fourth-order valence-electron chi connectivity index (χ4n) is 2.85. The van der Waals surface area contributed by atoms with Crippen molar-refractivity contribution in [2.24, 2.45) is 0 Å². The number of nitrogens with zero attached hydrogens (tertiary/aromatic N) is 2. The van der Waals surface area contributed by atoms with Crippen LogP contribution in [-0.2, 0) is 13.0 Å². The molecule has 0 aliphatic carbocycles. The van der Waals surface area contributed by atoms with E-state index in [1.54, 1.807) is 12.3 Å². The van der Waals surface area contributed by atoms with Gasteiger partial charge in [0.1, 0.15) is 0 Å². The topological polar surface area (TPSA) is 28.2 Å². The van der Waals surface area contributed by atoms with Crippen molar-refractivity contribution in [3.05, 3.63) is 53.5 Å². The Balaban J connectivity index is 2.07. The van der Waals surface area contributed by atoms with Crippen molar-refractivity contribution in [3.63, 3.8) is 0 Å². The van der Waals surface area contributed by atoms with Gasteiger partial charge >= 0.3 is 0 Å². The van der Waals surface area contributed by atoms with E-state index >= 15 is 0 Å². The Kier molecular flexibility index (Phi) is 3.40. The van der Waals surface area contributed by atoms with Crippen LogP contribution in [0.4, 0.5) is 15.9 Å². The maximum atomic E-state index is 14.6. The van der Waals surface area contributed by atoms with Crippen molar-refractivity contribution < 1.29 is 4.39 Å². The van der Waals surface area contributed by atoms with Gasteiger partial charge in [0.15, 0.2) is 11.6 Å². The predicted molar refractivity (Wildman–Crippen MR) is 78.7 cm³/mol. The first kappa shape index (κ1) is 13.1. The molecule has 0 amide bonds. The van der Waals surface area contributed by atoms with E-state index in [-0.39, 0.29) is 11.9 Å². The molecule has 104 valence electrons. The van der Waals surface area contributed by atoms with Crippen LogP contribution in [0, 0.1) is 5.82 Å². The molecule has 3 nitrogen and oxygen atoms in total. The van der Waals surface area contributed by atoms with Gasteiger partial charge < -0.3 is 10.2 Å². The van der Waals surface area contributed by atoms with E-state index in [0.717, 1.165) is 12.1 Å². The SMILES string of the molecule is CNCc1ccnc(N2c3ccccc3CC2C)c1F. The molecule has 3 rings (SSSR count). The lowest BCUT2D eigenvalue weighted by molar-refractivity contribution is 0.586. The molecule has 20 heavy (non-hydrogen) atoms. The van der Waals surface area contributed by atoms with Crippen LogP contribution in [0.5, 0.6) is 0 Å². The monoisotopic (exact) mass is 271 g/mol. The summed E-state index contributed by atoms with van der Waals surface area (Å²) in [5, 5.41) is 2.99. The van der Waals surface area contributed by atoms with Crippen molar-refractivity contribution >= 4 is 11.5 Å². The van der Waals surface area contributed by atoms with Gasteiger partial charge in [0.05, 0.1) is 0 Å². The second-order valence-electron chi connectivity index (χ2n) is 5.19. The van der Waals surface area contributed by atoms with Crippen molar-refractivity contribution in [1.29, 1.82) is 0 Å². The highest BCUT2D eigenvalue weighted by atomic mass is 19.1. The minimum absolute atomic E-state index is 0.222. The van der Waals surface area contributed by atoms with Crippen LogP contribution in [0.3, 0.4) is 0 Å². The second-order valence-corrected chi connectivity index (χ2v) is 5.19. The molecule has 0 radical (unpaired) electrons. The van der Waals surface area contributed by atoms with E-state index in [1.165, 1.54) is 5.56 Å². The van der Waals surface area contributed by atoms with E-state index in [4.69, 9.17) is 0 Å². The van der Waals surface area contributed by atoms with Crippen LogP contribution in [0.2, 0.25) is 0 Å². The van der Waals surface area contributed by atoms with Gasteiger partial charge in [-0.3, -0.25) is 0 Å². The number of benzene rings is 1. The average molecular weight is 271 g/mol. The third kappa shape index (κ3) is 2.06. The van der Waals surface area contributed by atoms with Crippen molar-refractivity contribution in [2.45, 2.75) is 25.9 Å². The fraction of sp³-hybridized carbons (Fsp3) is 0.312. The Morgan fingerprint density at radius 1 is 1.35 bits per heavy atom. The lowest BCUT2D eigenvalue weighted by Gasteiger charge is -2.24. The zero-order chi connectivity index (χ0) is 14.1. The summed E-state index contributed by atoms with van der Waals surface area (Å²) >= 11 is 0. The quantitative estimate of drug-likeness (QED) is 0.930. The standard InChI is InChI=1S/C16H18FN3/c1-11-9-12-5-3-4-6-14(12)20(11)16-15(17)13(10-18-2)7-8-19-16/h3-8,11,18H,9-10H2,1-2H3. The van der Waals surface area contributed by atoms with E-state index in [9.17, 15) is 4.39 Å². The number of nitrogens with one attached hydrogen (secondary N) is 1. The first-order chi connectivity index (χ1) is 9.72. The number of hydrogen-bond acceptors (Lipinski definition) is 3. The molecule has 1 aliphatic rings. The summed E-state index contributed by atoms with van der Waals surface area (Å²) in [7, 11) is 1.81. The molecule has 1 aliphatic heterocycles. The fourth-order valence-corrected chi connectivity index (χ4v) is 2.85. The second kappa shape index (κ2) is 5.21. The van der Waals surface area contributed by atoms with Gasteiger partial charge in [0.2, 0.25) is 0 Å². The van der Waals surface area contributed by atoms with E-state index in [2.05, 4.69) is 23.3 Å². The number of fused-ring (bicyclic) bond motifs is 1. The van der Waals surface area contributed by atoms with Gasteiger partial charge in [-0.15, -0.1) is 0 Å². The van der Waals surface area contributed by atoms with Crippen LogP contribution < -0.4 is 10.2 Å². The van der Waals surface area contributed by atoms with Crippen molar-refractivity contribution in [1.82, 2.24) is 10.3 Å². The van der Waals surface area contributed by atoms with Gasteiger partial charge in [-0.2, -0.15) is 0 Å².